The highest BCUT2D eigenvalue weighted by Crippen LogP contribution is 2.25. The zero-order chi connectivity index (χ0) is 18.8. The number of nitrogens with zero attached hydrogens (tertiary/aromatic N) is 1. The molecule has 3 heterocycles. The fourth-order valence-electron chi connectivity index (χ4n) is 2.91. The summed E-state index contributed by atoms with van der Waals surface area (Å²) in [7, 11) is 0. The molecule has 0 aliphatic rings. The number of pyridine rings is 2. The molecule has 0 saturated heterocycles. The van der Waals surface area contributed by atoms with E-state index in [2.05, 4.69) is 25.3 Å². The molecule has 0 spiro atoms. The molecule has 3 aromatic heterocycles. The highest BCUT2D eigenvalue weighted by molar-refractivity contribution is 6.30. The maximum atomic E-state index is 12.4. The van der Waals surface area contributed by atoms with E-state index in [0.717, 1.165) is 11.0 Å². The van der Waals surface area contributed by atoms with Gasteiger partial charge in [0, 0.05) is 23.8 Å². The topological polar surface area (TPSA) is 108 Å². The Hall–Kier alpha value is -3.16. The molecule has 0 radical (unpaired) electrons. The average molecular weight is 383 g/mol. The molecule has 5 N–H and O–H groups in total. The van der Waals surface area contributed by atoms with Crippen molar-refractivity contribution < 1.29 is 10.1 Å². The third-order valence-electron chi connectivity index (χ3n) is 4.24. The number of halogens is 1. The van der Waals surface area contributed by atoms with Crippen molar-refractivity contribution in [3.63, 3.8) is 0 Å². The van der Waals surface area contributed by atoms with Crippen molar-refractivity contribution in [2.75, 3.05) is 11.9 Å². The van der Waals surface area contributed by atoms with E-state index in [1.165, 1.54) is 0 Å². The molecule has 1 unspecified atom stereocenters. The first-order chi connectivity index (χ1) is 13.1. The lowest BCUT2D eigenvalue weighted by atomic mass is 10.1. The molecule has 0 saturated carbocycles. The summed E-state index contributed by atoms with van der Waals surface area (Å²) in [5.74, 6) is 0.450. The van der Waals surface area contributed by atoms with E-state index in [-0.39, 0.29) is 12.1 Å². The summed E-state index contributed by atoms with van der Waals surface area (Å²) < 4.78 is 0. The lowest BCUT2D eigenvalue weighted by Crippen LogP contribution is -2.17. The van der Waals surface area contributed by atoms with E-state index in [0.29, 0.717) is 27.7 Å². The van der Waals surface area contributed by atoms with E-state index < -0.39 is 6.10 Å². The van der Waals surface area contributed by atoms with Gasteiger partial charge >= 0.3 is 0 Å². The SMILES string of the molecule is O=c1[nH]ccc(NCC(O)c2cccc(Cl)c2)c1-c1nc2cc[nH+]cc2[nH]1. The molecule has 0 aliphatic heterocycles. The van der Waals surface area contributed by atoms with Crippen LogP contribution in [0, 0.1) is 0 Å². The number of fused-ring (bicyclic) bond motifs is 1. The molecule has 27 heavy (non-hydrogen) atoms. The predicted molar refractivity (Wildman–Crippen MR) is 104 cm³/mol. The quantitative estimate of drug-likeness (QED) is 0.425. The van der Waals surface area contributed by atoms with Gasteiger partial charge in [0.1, 0.15) is 22.4 Å². The van der Waals surface area contributed by atoms with Gasteiger partial charge in [-0.25, -0.2) is 9.97 Å². The zero-order valence-corrected chi connectivity index (χ0v) is 14.9. The number of imidazole rings is 1. The number of H-pyrrole nitrogens is 3. The van der Waals surface area contributed by atoms with Gasteiger partial charge in [0.2, 0.25) is 0 Å². The van der Waals surface area contributed by atoms with Crippen LogP contribution in [-0.2, 0) is 0 Å². The highest BCUT2D eigenvalue weighted by Gasteiger charge is 2.16. The Morgan fingerprint density at radius 1 is 1.30 bits per heavy atom. The number of aliphatic hydroxyl groups excluding tert-OH is 1. The first kappa shape index (κ1) is 17.3. The fourth-order valence-corrected chi connectivity index (χ4v) is 3.11. The normalized spacial score (nSPS) is 12.2. The fraction of sp³-hybridized carbons (Fsp3) is 0.105. The Kier molecular flexibility index (Phi) is 4.62. The van der Waals surface area contributed by atoms with Crippen LogP contribution in [0.25, 0.3) is 22.4 Å². The van der Waals surface area contributed by atoms with Crippen molar-refractivity contribution in [2.45, 2.75) is 6.10 Å². The van der Waals surface area contributed by atoms with Gasteiger partial charge in [0.15, 0.2) is 12.4 Å². The van der Waals surface area contributed by atoms with Crippen molar-refractivity contribution in [3.8, 4) is 11.4 Å². The van der Waals surface area contributed by atoms with Crippen molar-refractivity contribution in [2.24, 2.45) is 0 Å². The molecule has 136 valence electrons. The Morgan fingerprint density at radius 2 is 2.19 bits per heavy atom. The van der Waals surface area contributed by atoms with E-state index >= 15 is 0 Å². The van der Waals surface area contributed by atoms with Crippen LogP contribution in [0.2, 0.25) is 5.02 Å². The second-order valence-electron chi connectivity index (χ2n) is 6.08. The van der Waals surface area contributed by atoms with Crippen molar-refractivity contribution >= 4 is 28.3 Å². The highest BCUT2D eigenvalue weighted by atomic mass is 35.5. The molecule has 4 aromatic rings. The average Bonchev–Trinajstić information content (AvgIpc) is 3.09. The van der Waals surface area contributed by atoms with Gasteiger partial charge in [-0.05, 0) is 23.8 Å². The molecular weight excluding hydrogens is 366 g/mol. The van der Waals surface area contributed by atoms with Crippen LogP contribution in [0.15, 0.2) is 59.8 Å². The molecular formula is C19H17ClN5O2+. The maximum absolute atomic E-state index is 12.4. The molecule has 4 rings (SSSR count). The number of aliphatic hydroxyl groups is 1. The number of nitrogens with one attached hydrogen (secondary N) is 4. The van der Waals surface area contributed by atoms with Gasteiger partial charge in [-0.2, -0.15) is 0 Å². The van der Waals surface area contributed by atoms with Crippen molar-refractivity contribution in [1.82, 2.24) is 15.0 Å². The van der Waals surface area contributed by atoms with Crippen LogP contribution < -0.4 is 15.9 Å². The number of anilines is 1. The lowest BCUT2D eigenvalue weighted by Gasteiger charge is -2.15. The summed E-state index contributed by atoms with van der Waals surface area (Å²) in [6.45, 7) is 0.213. The van der Waals surface area contributed by atoms with Gasteiger partial charge in [0.25, 0.3) is 5.56 Å². The first-order valence-corrected chi connectivity index (χ1v) is 8.75. The van der Waals surface area contributed by atoms with Gasteiger partial charge in [-0.15, -0.1) is 0 Å². The monoisotopic (exact) mass is 382 g/mol. The van der Waals surface area contributed by atoms with Gasteiger partial charge in [0.05, 0.1) is 11.8 Å². The van der Waals surface area contributed by atoms with E-state index in [1.54, 1.807) is 48.9 Å². The summed E-state index contributed by atoms with van der Waals surface area (Å²) in [6, 6.07) is 10.6. The molecule has 0 amide bonds. The molecule has 1 aromatic carbocycles. The molecule has 8 heteroatoms. The van der Waals surface area contributed by atoms with Crippen LogP contribution in [0.1, 0.15) is 11.7 Å². The lowest BCUT2D eigenvalue weighted by molar-refractivity contribution is -0.376. The summed E-state index contributed by atoms with van der Waals surface area (Å²) in [4.78, 5) is 25.7. The van der Waals surface area contributed by atoms with E-state index in [4.69, 9.17) is 11.6 Å². The third kappa shape index (κ3) is 3.55. The van der Waals surface area contributed by atoms with Crippen molar-refractivity contribution in [1.29, 1.82) is 0 Å². The number of rotatable bonds is 5. The standard InChI is InChI=1S/C19H16ClN5O2/c20-12-3-1-2-11(8-12)16(26)10-23-14-5-7-22-19(27)17(14)18-24-13-4-6-21-9-15(13)25-18/h1-9,16,26H,10H2,(H,24,25)(H2,22,23,27)/p+1. The van der Waals surface area contributed by atoms with Crippen LogP contribution >= 0.6 is 11.6 Å². The number of hydrogen-bond donors (Lipinski definition) is 4. The van der Waals surface area contributed by atoms with Gasteiger partial charge in [-0.3, -0.25) is 4.79 Å². The second-order valence-corrected chi connectivity index (χ2v) is 6.51. The number of aromatic nitrogens is 4. The minimum Gasteiger partial charge on any atom is -0.387 e. The molecule has 0 aliphatic carbocycles. The largest absolute Gasteiger partial charge is 0.387 e. The summed E-state index contributed by atoms with van der Waals surface area (Å²) in [5.41, 5.74) is 2.91. The van der Waals surface area contributed by atoms with Crippen LogP contribution in [-0.4, -0.2) is 26.6 Å². The van der Waals surface area contributed by atoms with E-state index in [1.807, 2.05) is 6.07 Å². The van der Waals surface area contributed by atoms with E-state index in [9.17, 15) is 9.90 Å². The van der Waals surface area contributed by atoms with Crippen LogP contribution in [0.5, 0.6) is 0 Å². The molecule has 0 bridgehead atoms. The maximum Gasteiger partial charge on any atom is 0.261 e. The van der Waals surface area contributed by atoms with Gasteiger partial charge in [-0.1, -0.05) is 23.7 Å². The first-order valence-electron chi connectivity index (χ1n) is 8.37. The minimum atomic E-state index is -0.777. The molecule has 1 atom stereocenters. The smallest absolute Gasteiger partial charge is 0.261 e. The molecule has 7 nitrogen and oxygen atoms in total. The number of aromatic amines is 3. The summed E-state index contributed by atoms with van der Waals surface area (Å²) >= 11 is 5.98. The predicted octanol–water partition coefficient (Wildman–Crippen LogP) is 2.53. The summed E-state index contributed by atoms with van der Waals surface area (Å²) in [6.07, 6.45) is 4.32. The number of hydrogen-bond acceptors (Lipinski definition) is 4. The minimum absolute atomic E-state index is 0.213. The zero-order valence-electron chi connectivity index (χ0n) is 14.2. The Balaban J connectivity index is 1.64. The Morgan fingerprint density at radius 3 is 3.00 bits per heavy atom. The van der Waals surface area contributed by atoms with Crippen LogP contribution in [0.4, 0.5) is 5.69 Å². The van der Waals surface area contributed by atoms with Crippen molar-refractivity contribution in [3.05, 3.63) is 75.9 Å². The second kappa shape index (κ2) is 7.22. The Labute approximate surface area is 159 Å². The van der Waals surface area contributed by atoms with Gasteiger partial charge < -0.3 is 20.4 Å². The van der Waals surface area contributed by atoms with Crippen LogP contribution in [0.3, 0.4) is 0 Å². The summed E-state index contributed by atoms with van der Waals surface area (Å²) in [5, 5.41) is 14.1. The third-order valence-corrected chi connectivity index (χ3v) is 4.48. The Bertz CT molecular complexity index is 1120. The number of benzene rings is 1. The molecule has 0 fully saturated rings.